The number of nitriles is 1. The van der Waals surface area contributed by atoms with Gasteiger partial charge in [-0.25, -0.2) is 0 Å². The molecule has 9 nitrogen and oxygen atoms in total. The number of piperidine rings is 1. The molecule has 2 atom stereocenters. The van der Waals surface area contributed by atoms with E-state index in [4.69, 9.17) is 9.84 Å². The number of rotatable bonds is 9. The number of nitrogens with one attached hydrogen (secondary N) is 1. The minimum Gasteiger partial charge on any atom is -0.382 e. The maximum Gasteiger partial charge on any atom is 0.251 e. The molecule has 2 N–H and O–H groups in total. The zero-order chi connectivity index (χ0) is 26.6. The number of likely N-dealkylation sites (N-methyl/N-ethyl adjacent to an activating group) is 1. The van der Waals surface area contributed by atoms with Crippen molar-refractivity contribution < 1.29 is 14.6 Å². The van der Waals surface area contributed by atoms with Crippen molar-refractivity contribution in [2.24, 2.45) is 0 Å². The van der Waals surface area contributed by atoms with E-state index >= 15 is 0 Å². The SMILES string of the molecule is CN(C)C[C@H](O)C(=O)N[C@H](C#N)Cc1ccc(-c2ccc3cnn(C4CCN(C5COC5)CC4)c3c2)cc1. The first-order valence-corrected chi connectivity index (χ1v) is 13.3. The first kappa shape index (κ1) is 26.3. The van der Waals surface area contributed by atoms with Crippen LogP contribution in [0, 0.1) is 11.3 Å². The van der Waals surface area contributed by atoms with E-state index in [1.165, 1.54) is 0 Å². The molecule has 0 saturated carbocycles. The fraction of sp³-hybridized carbons (Fsp3) is 0.483. The molecule has 0 radical (unpaired) electrons. The van der Waals surface area contributed by atoms with Crippen LogP contribution in [0.5, 0.6) is 0 Å². The Morgan fingerprint density at radius 1 is 1.16 bits per heavy atom. The van der Waals surface area contributed by atoms with Crippen molar-refractivity contribution in [3.05, 3.63) is 54.2 Å². The number of hydrogen-bond donors (Lipinski definition) is 2. The zero-order valence-corrected chi connectivity index (χ0v) is 22.1. The maximum atomic E-state index is 12.2. The van der Waals surface area contributed by atoms with Gasteiger partial charge in [-0.1, -0.05) is 36.4 Å². The molecule has 2 aromatic carbocycles. The van der Waals surface area contributed by atoms with E-state index in [1.807, 2.05) is 30.5 Å². The lowest BCUT2D eigenvalue weighted by Crippen LogP contribution is -2.51. The summed E-state index contributed by atoms with van der Waals surface area (Å²) in [6.45, 7) is 4.10. The van der Waals surface area contributed by atoms with Gasteiger partial charge in [0, 0.05) is 31.4 Å². The van der Waals surface area contributed by atoms with Gasteiger partial charge in [-0.2, -0.15) is 10.4 Å². The summed E-state index contributed by atoms with van der Waals surface area (Å²) in [5.41, 5.74) is 4.30. The van der Waals surface area contributed by atoms with E-state index in [0.29, 0.717) is 18.5 Å². The van der Waals surface area contributed by atoms with Gasteiger partial charge in [0.25, 0.3) is 5.91 Å². The van der Waals surface area contributed by atoms with Crippen LogP contribution < -0.4 is 5.32 Å². The standard InChI is InChI=1S/C29H36N6O3/c1-33(2)17-28(36)29(37)32-24(15-30)13-20-3-5-21(6-4-20)22-7-8-23-16-31-35(27(23)14-22)25-9-11-34(12-10-25)26-18-38-19-26/h3-8,14,16,24-26,28,36H,9-13,17-19H2,1-2H3,(H,32,37)/t24-,28-/m0/s1. The number of ether oxygens (including phenoxy) is 1. The monoisotopic (exact) mass is 516 g/mol. The van der Waals surface area contributed by atoms with Crippen LogP contribution in [-0.4, -0.2) is 95.7 Å². The summed E-state index contributed by atoms with van der Waals surface area (Å²) < 4.78 is 7.57. The third kappa shape index (κ3) is 5.89. The second kappa shape index (κ2) is 11.6. The molecule has 0 unspecified atom stereocenters. The molecule has 9 heteroatoms. The third-order valence-corrected chi connectivity index (χ3v) is 7.62. The van der Waals surface area contributed by atoms with E-state index in [0.717, 1.165) is 66.7 Å². The summed E-state index contributed by atoms with van der Waals surface area (Å²) in [6.07, 6.45) is 3.34. The van der Waals surface area contributed by atoms with Gasteiger partial charge in [-0.3, -0.25) is 14.4 Å². The van der Waals surface area contributed by atoms with Gasteiger partial charge in [-0.15, -0.1) is 0 Å². The van der Waals surface area contributed by atoms with Crippen LogP contribution in [0.15, 0.2) is 48.7 Å². The molecule has 1 amide bonds. The maximum absolute atomic E-state index is 12.2. The first-order valence-electron chi connectivity index (χ1n) is 13.3. The Kier molecular flexibility index (Phi) is 8.05. The molecule has 2 aliphatic rings. The number of likely N-dealkylation sites (tertiary alicyclic amines) is 1. The minimum atomic E-state index is -1.17. The average molecular weight is 517 g/mol. The Morgan fingerprint density at radius 2 is 1.87 bits per heavy atom. The fourth-order valence-electron chi connectivity index (χ4n) is 5.33. The highest BCUT2D eigenvalue weighted by Gasteiger charge is 2.30. The second-order valence-corrected chi connectivity index (χ2v) is 10.7. The summed E-state index contributed by atoms with van der Waals surface area (Å²) in [4.78, 5) is 16.5. The van der Waals surface area contributed by atoms with Crippen LogP contribution in [0.2, 0.25) is 0 Å². The Morgan fingerprint density at radius 3 is 2.50 bits per heavy atom. The number of nitrogens with zero attached hydrogens (tertiary/aromatic N) is 5. The zero-order valence-electron chi connectivity index (χ0n) is 22.1. The molecule has 38 heavy (non-hydrogen) atoms. The molecule has 3 heterocycles. The molecule has 2 fully saturated rings. The largest absolute Gasteiger partial charge is 0.382 e. The number of carbonyl (C=O) groups excluding carboxylic acids is 1. The van der Waals surface area contributed by atoms with E-state index in [-0.39, 0.29) is 6.54 Å². The van der Waals surface area contributed by atoms with Gasteiger partial charge in [-0.05, 0) is 49.7 Å². The average Bonchev–Trinajstić information content (AvgIpc) is 3.31. The number of carbonyl (C=O) groups is 1. The van der Waals surface area contributed by atoms with E-state index in [9.17, 15) is 15.2 Å². The fourth-order valence-corrected chi connectivity index (χ4v) is 5.33. The molecule has 0 aliphatic carbocycles. The van der Waals surface area contributed by atoms with Crippen LogP contribution in [0.1, 0.15) is 24.4 Å². The number of benzene rings is 2. The summed E-state index contributed by atoms with van der Waals surface area (Å²) in [5, 5.41) is 28.1. The smallest absolute Gasteiger partial charge is 0.251 e. The molecular weight excluding hydrogens is 480 g/mol. The number of aliphatic hydroxyl groups excluding tert-OH is 1. The Hall–Kier alpha value is -3.29. The summed E-state index contributed by atoms with van der Waals surface area (Å²) in [5.74, 6) is -0.533. The van der Waals surface area contributed by atoms with Crippen molar-refractivity contribution in [1.29, 1.82) is 5.26 Å². The Balaban J connectivity index is 1.24. The number of hydrogen-bond acceptors (Lipinski definition) is 7. The van der Waals surface area contributed by atoms with E-state index < -0.39 is 18.1 Å². The number of aromatic nitrogens is 2. The summed E-state index contributed by atoms with van der Waals surface area (Å²) in [6, 6.07) is 17.0. The van der Waals surface area contributed by atoms with Crippen LogP contribution in [0.25, 0.3) is 22.0 Å². The van der Waals surface area contributed by atoms with E-state index in [1.54, 1.807) is 19.0 Å². The molecule has 1 aromatic heterocycles. The molecule has 200 valence electrons. The lowest BCUT2D eigenvalue weighted by molar-refractivity contribution is -0.130. The van der Waals surface area contributed by atoms with Crippen molar-refractivity contribution in [2.75, 3.05) is 46.9 Å². The molecule has 3 aromatic rings. The number of aliphatic hydroxyl groups is 1. The van der Waals surface area contributed by atoms with Gasteiger partial charge < -0.3 is 20.1 Å². The molecule has 2 aliphatic heterocycles. The predicted molar refractivity (Wildman–Crippen MR) is 145 cm³/mol. The van der Waals surface area contributed by atoms with Crippen LogP contribution >= 0.6 is 0 Å². The summed E-state index contributed by atoms with van der Waals surface area (Å²) in [7, 11) is 3.56. The Bertz CT molecular complexity index is 1290. The highest BCUT2D eigenvalue weighted by molar-refractivity contribution is 5.84. The lowest BCUT2D eigenvalue weighted by atomic mass is 9.99. The summed E-state index contributed by atoms with van der Waals surface area (Å²) >= 11 is 0. The minimum absolute atomic E-state index is 0.205. The van der Waals surface area contributed by atoms with Crippen molar-refractivity contribution >= 4 is 16.8 Å². The topological polar surface area (TPSA) is 107 Å². The first-order chi connectivity index (χ1) is 18.4. The van der Waals surface area contributed by atoms with Crippen molar-refractivity contribution in [1.82, 2.24) is 24.9 Å². The van der Waals surface area contributed by atoms with Crippen LogP contribution in [-0.2, 0) is 16.0 Å². The highest BCUT2D eigenvalue weighted by atomic mass is 16.5. The van der Waals surface area contributed by atoms with E-state index in [2.05, 4.69) is 39.2 Å². The van der Waals surface area contributed by atoms with Crippen molar-refractivity contribution in [2.45, 2.75) is 43.5 Å². The lowest BCUT2D eigenvalue weighted by Gasteiger charge is -2.41. The second-order valence-electron chi connectivity index (χ2n) is 10.7. The van der Waals surface area contributed by atoms with Crippen molar-refractivity contribution in [3.63, 3.8) is 0 Å². The molecule has 2 saturated heterocycles. The van der Waals surface area contributed by atoms with Gasteiger partial charge in [0.05, 0.1) is 43.1 Å². The van der Waals surface area contributed by atoms with Gasteiger partial charge >= 0.3 is 0 Å². The van der Waals surface area contributed by atoms with Crippen LogP contribution in [0.4, 0.5) is 0 Å². The molecular formula is C29H36N6O3. The highest BCUT2D eigenvalue weighted by Crippen LogP contribution is 2.31. The Labute approximate surface area is 223 Å². The number of amides is 1. The quantitative estimate of drug-likeness (QED) is 0.449. The predicted octanol–water partition coefficient (Wildman–Crippen LogP) is 2.21. The van der Waals surface area contributed by atoms with Gasteiger partial charge in [0.2, 0.25) is 0 Å². The molecule has 5 rings (SSSR count). The van der Waals surface area contributed by atoms with Gasteiger partial charge in [0.15, 0.2) is 0 Å². The molecule has 0 spiro atoms. The number of fused-ring (bicyclic) bond motifs is 1. The normalized spacial score (nSPS) is 18.7. The van der Waals surface area contributed by atoms with Crippen LogP contribution in [0.3, 0.4) is 0 Å². The van der Waals surface area contributed by atoms with Crippen molar-refractivity contribution in [3.8, 4) is 17.2 Å². The molecule has 0 bridgehead atoms. The van der Waals surface area contributed by atoms with Gasteiger partial charge in [0.1, 0.15) is 12.1 Å². The third-order valence-electron chi connectivity index (χ3n) is 7.62.